The Bertz CT molecular complexity index is 1400. The summed E-state index contributed by atoms with van der Waals surface area (Å²) in [5.74, 6) is -1.50. The van der Waals surface area contributed by atoms with Crippen LogP contribution >= 0.6 is 0 Å². The summed E-state index contributed by atoms with van der Waals surface area (Å²) in [5, 5.41) is 12.0. The van der Waals surface area contributed by atoms with Gasteiger partial charge < -0.3 is 15.2 Å². The largest absolute Gasteiger partial charge is 0.496 e. The van der Waals surface area contributed by atoms with E-state index in [9.17, 15) is 23.1 Å². The Hall–Kier alpha value is -4.11. The third kappa shape index (κ3) is 5.75. The number of anilines is 1. The minimum Gasteiger partial charge on any atom is -0.496 e. The second-order valence-corrected chi connectivity index (χ2v) is 10.00. The zero-order chi connectivity index (χ0) is 26.5. The molecule has 2 N–H and O–H groups in total. The molecular weight excluding hydrogens is 480 g/mol. The van der Waals surface area contributed by atoms with Gasteiger partial charge >= 0.3 is 5.97 Å². The number of nitrogens with one attached hydrogen (secondary N) is 1. The second kappa shape index (κ2) is 11.1. The van der Waals surface area contributed by atoms with E-state index in [4.69, 9.17) is 4.74 Å². The van der Waals surface area contributed by atoms with Gasteiger partial charge in [0.2, 0.25) is 5.91 Å². The monoisotopic (exact) mass is 508 g/mol. The number of aromatic carboxylic acids is 1. The number of nitrogens with zero attached hydrogens (tertiary/aromatic N) is 1. The lowest BCUT2D eigenvalue weighted by Gasteiger charge is -2.26. The number of amides is 1. The smallest absolute Gasteiger partial charge is 0.339 e. The molecule has 9 heteroatoms. The number of methoxy groups -OCH3 is 1. The van der Waals surface area contributed by atoms with E-state index in [1.54, 1.807) is 43.3 Å². The van der Waals surface area contributed by atoms with E-state index >= 15 is 0 Å². The lowest BCUT2D eigenvalue weighted by atomic mass is 10.1. The van der Waals surface area contributed by atoms with Gasteiger partial charge in [-0.15, -0.1) is 0 Å². The van der Waals surface area contributed by atoms with Crippen LogP contribution in [0.3, 0.4) is 0 Å². The van der Waals surface area contributed by atoms with Crippen LogP contribution in [0.1, 0.15) is 32.6 Å². The SMILES string of the molecule is C=Cc1cccc(N(CC(=O)NCc2ccc(C(=O)O)c(OC)c2)S(=O)(=O)c2ccc(C)cc2)c1C. The molecule has 0 aliphatic heterocycles. The summed E-state index contributed by atoms with van der Waals surface area (Å²) in [6, 6.07) is 16.1. The van der Waals surface area contributed by atoms with Crippen molar-refractivity contribution in [3.63, 3.8) is 0 Å². The molecule has 0 aromatic heterocycles. The summed E-state index contributed by atoms with van der Waals surface area (Å²) in [6.07, 6.45) is 1.63. The maximum absolute atomic E-state index is 13.6. The van der Waals surface area contributed by atoms with Gasteiger partial charge in [0.15, 0.2) is 0 Å². The minimum atomic E-state index is -4.07. The van der Waals surface area contributed by atoms with Gasteiger partial charge in [0, 0.05) is 6.54 Å². The molecule has 0 heterocycles. The Morgan fingerprint density at radius 1 is 1.08 bits per heavy atom. The molecule has 0 bridgehead atoms. The van der Waals surface area contributed by atoms with Crippen LogP contribution in [0.4, 0.5) is 5.69 Å². The number of aryl methyl sites for hydroxylation is 1. The molecular formula is C27H28N2O6S. The highest BCUT2D eigenvalue weighted by atomic mass is 32.2. The van der Waals surface area contributed by atoms with Crippen LogP contribution in [0.2, 0.25) is 0 Å². The Morgan fingerprint density at radius 2 is 1.78 bits per heavy atom. The lowest BCUT2D eigenvalue weighted by Crippen LogP contribution is -2.41. The highest BCUT2D eigenvalue weighted by Gasteiger charge is 2.28. The van der Waals surface area contributed by atoms with Crippen molar-refractivity contribution in [1.82, 2.24) is 5.32 Å². The zero-order valence-corrected chi connectivity index (χ0v) is 21.1. The molecule has 0 aliphatic carbocycles. The van der Waals surface area contributed by atoms with Crippen molar-refractivity contribution in [3.8, 4) is 5.75 Å². The number of carboxylic acid groups (broad SMARTS) is 1. The van der Waals surface area contributed by atoms with E-state index < -0.39 is 28.4 Å². The van der Waals surface area contributed by atoms with Crippen molar-refractivity contribution in [2.45, 2.75) is 25.3 Å². The standard InChI is InChI=1S/C27H28N2O6S/c1-5-21-7-6-8-24(19(21)3)29(36(33,34)22-12-9-18(2)10-13-22)17-26(30)28-16-20-11-14-23(27(31)32)25(15-20)35-4/h5-15H,1,16-17H2,2-4H3,(H,28,30)(H,31,32). The Balaban J connectivity index is 1.91. The van der Waals surface area contributed by atoms with Crippen molar-refractivity contribution >= 4 is 33.7 Å². The average Bonchev–Trinajstić information content (AvgIpc) is 2.86. The van der Waals surface area contributed by atoms with E-state index in [2.05, 4.69) is 11.9 Å². The summed E-state index contributed by atoms with van der Waals surface area (Å²) in [7, 11) is -2.71. The van der Waals surface area contributed by atoms with Crippen molar-refractivity contribution in [1.29, 1.82) is 0 Å². The van der Waals surface area contributed by atoms with Crippen LogP contribution in [0, 0.1) is 13.8 Å². The van der Waals surface area contributed by atoms with Crippen LogP contribution in [-0.2, 0) is 21.4 Å². The van der Waals surface area contributed by atoms with E-state index in [1.807, 2.05) is 13.0 Å². The molecule has 3 rings (SSSR count). The number of carboxylic acids is 1. The maximum atomic E-state index is 13.6. The van der Waals surface area contributed by atoms with Crippen molar-refractivity contribution < 1.29 is 27.9 Å². The number of carbonyl (C=O) groups excluding carboxylic acids is 1. The fourth-order valence-corrected chi connectivity index (χ4v) is 5.16. The van der Waals surface area contributed by atoms with Gasteiger partial charge in [-0.25, -0.2) is 13.2 Å². The number of sulfonamides is 1. The van der Waals surface area contributed by atoms with Crippen molar-refractivity contribution in [3.05, 3.63) is 95.1 Å². The fraction of sp³-hybridized carbons (Fsp3) is 0.185. The Morgan fingerprint density at radius 3 is 2.39 bits per heavy atom. The van der Waals surface area contributed by atoms with Gasteiger partial charge in [-0.05, 0) is 60.9 Å². The normalized spacial score (nSPS) is 11.0. The van der Waals surface area contributed by atoms with Gasteiger partial charge in [-0.3, -0.25) is 9.10 Å². The number of benzene rings is 3. The van der Waals surface area contributed by atoms with Crippen LogP contribution in [0.15, 0.2) is 72.1 Å². The van der Waals surface area contributed by atoms with Gasteiger partial charge in [-0.2, -0.15) is 0 Å². The molecule has 0 aliphatic rings. The van der Waals surface area contributed by atoms with E-state index in [0.29, 0.717) is 16.8 Å². The molecule has 188 valence electrons. The maximum Gasteiger partial charge on any atom is 0.339 e. The quantitative estimate of drug-likeness (QED) is 0.425. The van der Waals surface area contributed by atoms with Crippen molar-refractivity contribution in [2.24, 2.45) is 0 Å². The number of carbonyl (C=O) groups is 2. The molecule has 3 aromatic rings. The topological polar surface area (TPSA) is 113 Å². The zero-order valence-electron chi connectivity index (χ0n) is 20.3. The molecule has 0 atom stereocenters. The molecule has 0 saturated carbocycles. The highest BCUT2D eigenvalue weighted by molar-refractivity contribution is 7.92. The summed E-state index contributed by atoms with van der Waals surface area (Å²) in [5.41, 5.74) is 3.30. The molecule has 8 nitrogen and oxygen atoms in total. The fourth-order valence-electron chi connectivity index (χ4n) is 3.68. The first-order valence-corrected chi connectivity index (χ1v) is 12.5. The third-order valence-electron chi connectivity index (χ3n) is 5.72. The van der Waals surface area contributed by atoms with Crippen LogP contribution in [0.5, 0.6) is 5.75 Å². The number of rotatable bonds is 10. The molecule has 36 heavy (non-hydrogen) atoms. The number of hydrogen-bond acceptors (Lipinski definition) is 5. The summed E-state index contributed by atoms with van der Waals surface area (Å²) >= 11 is 0. The predicted octanol–water partition coefficient (Wildman–Crippen LogP) is 4.16. The summed E-state index contributed by atoms with van der Waals surface area (Å²) in [6.45, 7) is 7.02. The first-order chi connectivity index (χ1) is 17.1. The number of hydrogen-bond donors (Lipinski definition) is 2. The van der Waals surface area contributed by atoms with Gasteiger partial charge in [0.05, 0.1) is 17.7 Å². The molecule has 0 unspecified atom stereocenters. The first kappa shape index (κ1) is 26.5. The molecule has 0 fully saturated rings. The molecule has 1 amide bonds. The van der Waals surface area contributed by atoms with E-state index in [0.717, 1.165) is 15.4 Å². The molecule has 3 aromatic carbocycles. The van der Waals surface area contributed by atoms with Gasteiger partial charge in [-0.1, -0.05) is 48.6 Å². The highest BCUT2D eigenvalue weighted by Crippen LogP contribution is 2.29. The Labute approximate surface area is 210 Å². The molecule has 0 spiro atoms. The first-order valence-electron chi connectivity index (χ1n) is 11.1. The Kier molecular flexibility index (Phi) is 8.16. The van der Waals surface area contributed by atoms with Gasteiger partial charge in [0.1, 0.15) is 17.9 Å². The molecule has 0 radical (unpaired) electrons. The van der Waals surface area contributed by atoms with Crippen LogP contribution in [-0.4, -0.2) is 39.1 Å². The van der Waals surface area contributed by atoms with Crippen LogP contribution in [0.25, 0.3) is 6.08 Å². The lowest BCUT2D eigenvalue weighted by molar-refractivity contribution is -0.119. The summed E-state index contributed by atoms with van der Waals surface area (Å²) < 4.78 is 33.5. The van der Waals surface area contributed by atoms with E-state index in [1.165, 1.54) is 31.4 Å². The number of ether oxygens (including phenoxy) is 1. The third-order valence-corrected chi connectivity index (χ3v) is 7.49. The summed E-state index contributed by atoms with van der Waals surface area (Å²) in [4.78, 5) is 24.3. The predicted molar refractivity (Wildman–Crippen MR) is 139 cm³/mol. The van der Waals surface area contributed by atoms with Crippen molar-refractivity contribution in [2.75, 3.05) is 18.0 Å². The van der Waals surface area contributed by atoms with E-state index in [-0.39, 0.29) is 22.8 Å². The minimum absolute atomic E-state index is 0.000480. The van der Waals surface area contributed by atoms with Crippen LogP contribution < -0.4 is 14.4 Å². The average molecular weight is 509 g/mol. The second-order valence-electron chi connectivity index (χ2n) is 8.14. The molecule has 0 saturated heterocycles. The van der Waals surface area contributed by atoms with Gasteiger partial charge in [0.25, 0.3) is 10.0 Å².